The molecule has 0 unspecified atom stereocenters. The minimum atomic E-state index is 0. The van der Waals surface area contributed by atoms with Crippen LogP contribution in [0.15, 0.2) is 103 Å². The van der Waals surface area contributed by atoms with Crippen LogP contribution >= 0.6 is 0 Å². The summed E-state index contributed by atoms with van der Waals surface area (Å²) < 4.78 is 6.52. The predicted molar refractivity (Wildman–Crippen MR) is 165 cm³/mol. The van der Waals surface area contributed by atoms with Gasteiger partial charge in [0.15, 0.2) is 0 Å². The molecule has 6 nitrogen and oxygen atoms in total. The number of aromatic nitrogens is 5. The Morgan fingerprint density at radius 1 is 0.667 bits per heavy atom. The summed E-state index contributed by atoms with van der Waals surface area (Å²) in [6, 6.07) is 40.6. The number of nitrogens with zero attached hydrogens (tertiary/aromatic N) is 6. The zero-order valence-corrected chi connectivity index (χ0v) is 24.3. The van der Waals surface area contributed by atoms with Gasteiger partial charge in [0, 0.05) is 28.7 Å². The number of pyridine rings is 2. The first-order valence-corrected chi connectivity index (χ1v) is 13.9. The third kappa shape index (κ3) is 3.48. The van der Waals surface area contributed by atoms with E-state index in [-0.39, 0.29) is 20.4 Å². The van der Waals surface area contributed by atoms with Gasteiger partial charge in [0.25, 0.3) is 0 Å². The average Bonchev–Trinajstić information content (AvgIpc) is 3.78. The number of benzene rings is 3. The molecule has 0 radical (unpaired) electrons. The van der Waals surface area contributed by atoms with Gasteiger partial charge in [0.05, 0.1) is 5.52 Å². The van der Waals surface area contributed by atoms with Crippen LogP contribution in [0.1, 0.15) is 5.56 Å². The Balaban J connectivity index is 0.00000267. The van der Waals surface area contributed by atoms with Gasteiger partial charge in [0.1, 0.15) is 23.1 Å². The van der Waals surface area contributed by atoms with Gasteiger partial charge < -0.3 is 14.0 Å². The molecule has 8 aromatic rings. The third-order valence-corrected chi connectivity index (χ3v) is 8.36. The second kappa shape index (κ2) is 9.42. The van der Waals surface area contributed by atoms with E-state index in [9.17, 15) is 0 Å². The van der Waals surface area contributed by atoms with E-state index in [4.69, 9.17) is 9.97 Å². The molecule has 0 N–H and O–H groups in total. The number of hydrogen-bond donors (Lipinski definition) is 0. The van der Waals surface area contributed by atoms with E-state index in [1.165, 1.54) is 16.3 Å². The summed E-state index contributed by atoms with van der Waals surface area (Å²) in [5, 5.41) is 4.62. The Morgan fingerprint density at radius 3 is 2.19 bits per heavy atom. The summed E-state index contributed by atoms with van der Waals surface area (Å²) in [6.45, 7) is 0.889. The van der Waals surface area contributed by atoms with E-state index in [2.05, 4.69) is 117 Å². The Bertz CT molecular complexity index is 2250. The predicted octanol–water partition coefficient (Wildman–Crippen LogP) is 7.30. The fourth-order valence-corrected chi connectivity index (χ4v) is 6.50. The fourth-order valence-electron chi connectivity index (χ4n) is 6.50. The van der Waals surface area contributed by atoms with Crippen molar-refractivity contribution in [2.75, 3.05) is 11.4 Å². The van der Waals surface area contributed by atoms with E-state index < -0.39 is 0 Å². The van der Waals surface area contributed by atoms with E-state index in [1.54, 1.807) is 0 Å². The van der Waals surface area contributed by atoms with Gasteiger partial charge in [-0.05, 0) is 54.8 Å². The molecule has 0 saturated heterocycles. The second-order valence-electron chi connectivity index (χ2n) is 10.6. The van der Waals surface area contributed by atoms with Crippen molar-refractivity contribution < 1.29 is 20.4 Å². The summed E-state index contributed by atoms with van der Waals surface area (Å²) in [6.07, 6.45) is 2.99. The molecule has 9 rings (SSSR count). The molecule has 0 amide bonds. The van der Waals surface area contributed by atoms with E-state index >= 15 is 0 Å². The SMILES string of the molecule is Cn1cc[c-]c1N1CCc2ccc(-n3c4ccccc4c4ccc(-n5c6[c-]cccc6c6ccccc65)nc43)nc21.[Pd+2]. The number of anilines is 2. The zero-order valence-electron chi connectivity index (χ0n) is 22.7. The number of fused-ring (bicyclic) bond motifs is 7. The van der Waals surface area contributed by atoms with Crippen LogP contribution in [-0.2, 0) is 33.9 Å². The van der Waals surface area contributed by atoms with Gasteiger partial charge in [-0.3, -0.25) is 4.57 Å². The monoisotopic (exact) mass is 634 g/mol. The maximum absolute atomic E-state index is 5.35. The van der Waals surface area contributed by atoms with E-state index in [0.29, 0.717) is 0 Å². The molecule has 0 aliphatic carbocycles. The van der Waals surface area contributed by atoms with Crippen LogP contribution in [0.5, 0.6) is 0 Å². The first-order chi connectivity index (χ1) is 20.3. The van der Waals surface area contributed by atoms with Gasteiger partial charge in [0.2, 0.25) is 0 Å². The maximum atomic E-state index is 5.35. The molecule has 0 spiro atoms. The van der Waals surface area contributed by atoms with Gasteiger partial charge in [-0.25, -0.2) is 22.1 Å². The van der Waals surface area contributed by atoms with Crippen molar-refractivity contribution in [3.05, 3.63) is 121 Å². The second-order valence-corrected chi connectivity index (χ2v) is 10.6. The van der Waals surface area contributed by atoms with Crippen molar-refractivity contribution in [1.29, 1.82) is 0 Å². The molecule has 0 bridgehead atoms. The zero-order chi connectivity index (χ0) is 27.1. The molecule has 0 saturated carbocycles. The normalized spacial score (nSPS) is 12.9. The minimum Gasteiger partial charge on any atom is -0.432 e. The summed E-state index contributed by atoms with van der Waals surface area (Å²) in [7, 11) is 2.05. The molecular weight excluding hydrogens is 611 g/mol. The van der Waals surface area contributed by atoms with Gasteiger partial charge in [-0.15, -0.1) is 11.6 Å². The molecule has 0 atom stereocenters. The molecule has 7 heteroatoms. The average molecular weight is 635 g/mol. The number of hydrogen-bond acceptors (Lipinski definition) is 3. The molecule has 6 heterocycles. The molecular formula is C35H24N6Pd. The van der Waals surface area contributed by atoms with E-state index in [1.807, 2.05) is 24.4 Å². The Labute approximate surface area is 256 Å². The van der Waals surface area contributed by atoms with Crippen LogP contribution < -0.4 is 4.90 Å². The molecule has 1 aliphatic heterocycles. The van der Waals surface area contributed by atoms with Crippen LogP contribution in [-0.4, -0.2) is 30.2 Å². The largest absolute Gasteiger partial charge is 2.00 e. The number of para-hydroxylation sites is 3. The summed E-state index contributed by atoms with van der Waals surface area (Å²) in [4.78, 5) is 12.9. The first kappa shape index (κ1) is 25.0. The van der Waals surface area contributed by atoms with Gasteiger partial charge in [-0.2, -0.15) is 24.3 Å². The standard InChI is InChI=1S/C35H24N6.Pd/c1-38-21-8-15-33(38)39-22-20-23-16-18-32(36-34(23)39)41-30-14-7-4-11-26(30)27-17-19-31(37-35(27)41)40-28-12-5-2-9-24(28)25-10-3-6-13-29(25)40;/h2-12,14,16-19,21H,20,22H2,1H3;/q-2;+2. The smallest absolute Gasteiger partial charge is 0.432 e. The van der Waals surface area contributed by atoms with Crippen molar-refractivity contribution in [2.24, 2.45) is 7.05 Å². The fraction of sp³-hybridized carbons (Fsp3) is 0.0857. The number of aryl methyl sites for hydroxylation is 1. The summed E-state index contributed by atoms with van der Waals surface area (Å²) >= 11 is 0. The topological polar surface area (TPSA) is 43.8 Å². The first-order valence-electron chi connectivity index (χ1n) is 13.9. The summed E-state index contributed by atoms with van der Waals surface area (Å²) in [5.74, 6) is 3.73. The third-order valence-electron chi connectivity index (χ3n) is 8.36. The molecule has 0 fully saturated rings. The number of rotatable bonds is 3. The maximum Gasteiger partial charge on any atom is 2.00 e. The van der Waals surface area contributed by atoms with Crippen LogP contribution in [0.2, 0.25) is 0 Å². The molecule has 1 aliphatic rings. The van der Waals surface area contributed by atoms with Crippen molar-refractivity contribution in [1.82, 2.24) is 23.7 Å². The molecule has 3 aromatic carbocycles. The quantitative estimate of drug-likeness (QED) is 0.151. The minimum absolute atomic E-state index is 0. The van der Waals surface area contributed by atoms with Crippen molar-refractivity contribution in [3.63, 3.8) is 0 Å². The molecule has 42 heavy (non-hydrogen) atoms. The van der Waals surface area contributed by atoms with Crippen LogP contribution in [0.3, 0.4) is 0 Å². The Hall–Kier alpha value is -4.70. The Morgan fingerprint density at radius 2 is 1.38 bits per heavy atom. The molecule has 5 aromatic heterocycles. The van der Waals surface area contributed by atoms with E-state index in [0.717, 1.165) is 69.2 Å². The van der Waals surface area contributed by atoms with Crippen molar-refractivity contribution in [2.45, 2.75) is 6.42 Å². The van der Waals surface area contributed by atoms with Crippen LogP contribution in [0.25, 0.3) is 55.4 Å². The van der Waals surface area contributed by atoms with Crippen molar-refractivity contribution in [3.8, 4) is 11.6 Å². The summed E-state index contributed by atoms with van der Waals surface area (Å²) in [5.41, 5.74) is 5.35. The van der Waals surface area contributed by atoms with Gasteiger partial charge >= 0.3 is 20.4 Å². The van der Waals surface area contributed by atoms with Crippen LogP contribution in [0.4, 0.5) is 11.6 Å². The van der Waals surface area contributed by atoms with Gasteiger partial charge in [-0.1, -0.05) is 48.0 Å². The van der Waals surface area contributed by atoms with Crippen molar-refractivity contribution >= 4 is 55.4 Å². The Kier molecular flexibility index (Phi) is 5.62. The van der Waals surface area contributed by atoms with Crippen LogP contribution in [0, 0.1) is 12.1 Å². The molecule has 204 valence electrons.